The summed E-state index contributed by atoms with van der Waals surface area (Å²) in [5.74, 6) is -1.13. The number of nitrogens with zero attached hydrogens (tertiary/aromatic N) is 2. The summed E-state index contributed by atoms with van der Waals surface area (Å²) in [5.41, 5.74) is 0.205. The van der Waals surface area contributed by atoms with Crippen molar-refractivity contribution >= 4 is 18.2 Å². The first-order chi connectivity index (χ1) is 14.1. The van der Waals surface area contributed by atoms with Gasteiger partial charge in [-0.3, -0.25) is 4.90 Å². The molecule has 2 N–H and O–H groups in total. The minimum absolute atomic E-state index is 0.126. The van der Waals surface area contributed by atoms with Crippen LogP contribution in [-0.4, -0.2) is 77.4 Å². The summed E-state index contributed by atoms with van der Waals surface area (Å²) in [5, 5.41) is 11.9. The predicted molar refractivity (Wildman–Crippen MR) is 110 cm³/mol. The molecule has 0 aromatic heterocycles. The molecule has 1 aromatic rings. The van der Waals surface area contributed by atoms with Crippen LogP contribution in [-0.2, 0) is 20.9 Å². The van der Waals surface area contributed by atoms with Crippen LogP contribution in [0.3, 0.4) is 0 Å². The molecule has 30 heavy (non-hydrogen) atoms. The van der Waals surface area contributed by atoms with Crippen LogP contribution in [0, 0.1) is 0 Å². The molecule has 0 bridgehead atoms. The van der Waals surface area contributed by atoms with Gasteiger partial charge in [0.1, 0.15) is 18.2 Å². The van der Waals surface area contributed by atoms with Gasteiger partial charge in [-0.05, 0) is 39.3 Å². The molecule has 1 fully saturated rings. The first-order valence-electron chi connectivity index (χ1n) is 10.0. The Morgan fingerprint density at radius 2 is 1.80 bits per heavy atom. The number of rotatable bonds is 6. The maximum atomic E-state index is 12.4. The second-order valence-electron chi connectivity index (χ2n) is 8.22. The number of carboxylic acid groups (broad SMARTS) is 1. The molecular formula is C21H31N3O6. The van der Waals surface area contributed by atoms with E-state index in [1.165, 1.54) is 0 Å². The number of hydrogen-bond acceptors (Lipinski definition) is 6. The second-order valence-corrected chi connectivity index (χ2v) is 8.22. The van der Waals surface area contributed by atoms with Gasteiger partial charge in [0.05, 0.1) is 0 Å². The number of hydrogen-bond donors (Lipinski definition) is 2. The summed E-state index contributed by atoms with van der Waals surface area (Å²) in [6, 6.07) is 8.35. The van der Waals surface area contributed by atoms with Gasteiger partial charge in [-0.25, -0.2) is 14.4 Å². The highest BCUT2D eigenvalue weighted by atomic mass is 16.6. The van der Waals surface area contributed by atoms with Gasteiger partial charge in [0.15, 0.2) is 0 Å². The van der Waals surface area contributed by atoms with Crippen molar-refractivity contribution in [3.63, 3.8) is 0 Å². The van der Waals surface area contributed by atoms with Crippen molar-refractivity contribution in [2.45, 2.75) is 45.4 Å². The standard InChI is InChI=1S/C21H31N3O6/c1-21(2,3)30-19(27)22-17(18(25)26)14-23-10-7-11-24(13-12-23)20(28)29-15-16-8-5-4-6-9-16/h4-6,8-9,17H,7,10-15H2,1-3H3,(H,22,27)(H,25,26)/t17-/m0/s1. The quantitative estimate of drug-likeness (QED) is 0.725. The van der Waals surface area contributed by atoms with Crippen molar-refractivity contribution in [3.8, 4) is 0 Å². The minimum Gasteiger partial charge on any atom is -0.480 e. The summed E-state index contributed by atoms with van der Waals surface area (Å²) in [4.78, 5) is 39.4. The predicted octanol–water partition coefficient (Wildman–Crippen LogP) is 2.31. The van der Waals surface area contributed by atoms with Crippen molar-refractivity contribution in [1.29, 1.82) is 0 Å². The van der Waals surface area contributed by atoms with E-state index in [0.717, 1.165) is 5.56 Å². The maximum absolute atomic E-state index is 12.4. The van der Waals surface area contributed by atoms with E-state index in [-0.39, 0.29) is 19.2 Å². The van der Waals surface area contributed by atoms with Crippen molar-refractivity contribution in [2.75, 3.05) is 32.7 Å². The molecule has 0 radical (unpaired) electrons. The first-order valence-corrected chi connectivity index (χ1v) is 10.0. The van der Waals surface area contributed by atoms with Gasteiger partial charge in [0, 0.05) is 26.2 Å². The number of carboxylic acids is 1. The molecule has 1 heterocycles. The molecule has 9 heteroatoms. The summed E-state index contributed by atoms with van der Waals surface area (Å²) < 4.78 is 10.5. The fraction of sp³-hybridized carbons (Fsp3) is 0.571. The highest BCUT2D eigenvalue weighted by Gasteiger charge is 2.28. The molecule has 1 aromatic carbocycles. The Labute approximate surface area is 176 Å². The van der Waals surface area contributed by atoms with Crippen LogP contribution >= 0.6 is 0 Å². The first kappa shape index (κ1) is 23.5. The molecule has 0 aliphatic carbocycles. The Morgan fingerprint density at radius 3 is 2.43 bits per heavy atom. The average molecular weight is 421 g/mol. The molecule has 166 valence electrons. The van der Waals surface area contributed by atoms with Gasteiger partial charge in [-0.15, -0.1) is 0 Å². The van der Waals surface area contributed by atoms with E-state index in [1.54, 1.807) is 25.7 Å². The van der Waals surface area contributed by atoms with E-state index in [9.17, 15) is 19.5 Å². The molecule has 1 aliphatic rings. The molecule has 1 saturated heterocycles. The highest BCUT2D eigenvalue weighted by Crippen LogP contribution is 2.10. The van der Waals surface area contributed by atoms with Gasteiger partial charge < -0.3 is 24.8 Å². The Balaban J connectivity index is 1.83. The van der Waals surface area contributed by atoms with E-state index >= 15 is 0 Å². The van der Waals surface area contributed by atoms with Crippen molar-refractivity contribution in [2.24, 2.45) is 0 Å². The molecule has 0 saturated carbocycles. The lowest BCUT2D eigenvalue weighted by atomic mass is 10.2. The van der Waals surface area contributed by atoms with Gasteiger partial charge >= 0.3 is 18.2 Å². The third-order valence-corrected chi connectivity index (χ3v) is 4.48. The average Bonchev–Trinajstić information content (AvgIpc) is 2.90. The lowest BCUT2D eigenvalue weighted by molar-refractivity contribution is -0.140. The van der Waals surface area contributed by atoms with Gasteiger partial charge in [0.25, 0.3) is 0 Å². The third-order valence-electron chi connectivity index (χ3n) is 4.48. The van der Waals surface area contributed by atoms with E-state index in [1.807, 2.05) is 35.2 Å². The number of nitrogens with one attached hydrogen (secondary N) is 1. The van der Waals surface area contributed by atoms with E-state index < -0.39 is 23.7 Å². The number of carbonyl (C=O) groups is 3. The summed E-state index contributed by atoms with van der Waals surface area (Å²) in [7, 11) is 0. The number of alkyl carbamates (subject to hydrolysis) is 1. The van der Waals surface area contributed by atoms with Crippen LogP contribution in [0.4, 0.5) is 9.59 Å². The molecule has 9 nitrogen and oxygen atoms in total. The van der Waals surface area contributed by atoms with Crippen molar-refractivity contribution in [1.82, 2.24) is 15.1 Å². The summed E-state index contributed by atoms with van der Waals surface area (Å²) in [6.07, 6.45) is -0.475. The number of carbonyl (C=O) groups excluding carboxylic acids is 2. The summed E-state index contributed by atoms with van der Waals surface area (Å²) in [6.45, 7) is 7.52. The topological polar surface area (TPSA) is 108 Å². The molecule has 1 atom stereocenters. The van der Waals surface area contributed by atoms with Gasteiger partial charge in [-0.2, -0.15) is 0 Å². The Kier molecular flexibility index (Phi) is 8.46. The monoisotopic (exact) mass is 421 g/mol. The second kappa shape index (κ2) is 10.8. The van der Waals surface area contributed by atoms with Gasteiger partial charge in [0.2, 0.25) is 0 Å². The lowest BCUT2D eigenvalue weighted by Crippen LogP contribution is -2.50. The zero-order valence-electron chi connectivity index (χ0n) is 17.8. The molecule has 1 aliphatic heterocycles. The fourth-order valence-corrected chi connectivity index (χ4v) is 3.04. The van der Waals surface area contributed by atoms with Crippen molar-refractivity contribution in [3.05, 3.63) is 35.9 Å². The third kappa shape index (κ3) is 8.28. The number of aliphatic carboxylic acids is 1. The molecule has 2 amide bonds. The van der Waals surface area contributed by atoms with Crippen LogP contribution in [0.15, 0.2) is 30.3 Å². The van der Waals surface area contributed by atoms with Crippen LogP contribution < -0.4 is 5.32 Å². The Bertz CT molecular complexity index is 719. The number of amides is 2. The van der Waals surface area contributed by atoms with E-state index in [2.05, 4.69) is 5.32 Å². The van der Waals surface area contributed by atoms with Crippen LogP contribution in [0.2, 0.25) is 0 Å². The molecular weight excluding hydrogens is 390 g/mol. The molecule has 0 spiro atoms. The highest BCUT2D eigenvalue weighted by molar-refractivity contribution is 5.80. The number of ether oxygens (including phenoxy) is 2. The smallest absolute Gasteiger partial charge is 0.410 e. The van der Waals surface area contributed by atoms with Crippen LogP contribution in [0.1, 0.15) is 32.8 Å². The van der Waals surface area contributed by atoms with E-state index in [4.69, 9.17) is 9.47 Å². The lowest BCUT2D eigenvalue weighted by Gasteiger charge is -2.26. The number of benzene rings is 1. The van der Waals surface area contributed by atoms with Gasteiger partial charge in [-0.1, -0.05) is 30.3 Å². The maximum Gasteiger partial charge on any atom is 0.410 e. The largest absolute Gasteiger partial charge is 0.480 e. The van der Waals surface area contributed by atoms with Crippen LogP contribution in [0.5, 0.6) is 0 Å². The Morgan fingerprint density at radius 1 is 1.10 bits per heavy atom. The fourth-order valence-electron chi connectivity index (χ4n) is 3.04. The van der Waals surface area contributed by atoms with Crippen molar-refractivity contribution < 1.29 is 29.0 Å². The molecule has 2 rings (SSSR count). The summed E-state index contributed by atoms with van der Waals surface area (Å²) >= 11 is 0. The normalized spacial score (nSPS) is 16.3. The minimum atomic E-state index is -1.13. The Hall–Kier alpha value is -2.81. The van der Waals surface area contributed by atoms with Crippen LogP contribution in [0.25, 0.3) is 0 Å². The zero-order valence-corrected chi connectivity index (χ0v) is 17.8. The SMILES string of the molecule is CC(C)(C)OC(=O)N[C@@H](CN1CCCN(C(=O)OCc2ccccc2)CC1)C(=O)O. The molecule has 0 unspecified atom stereocenters. The van der Waals surface area contributed by atoms with E-state index in [0.29, 0.717) is 32.6 Å². The zero-order chi connectivity index (χ0) is 22.1.